The molecular formula is C15H25N3O6. The van der Waals surface area contributed by atoms with Crippen LogP contribution in [0.4, 0.5) is 0 Å². The summed E-state index contributed by atoms with van der Waals surface area (Å²) in [5, 5.41) is 19.5. The van der Waals surface area contributed by atoms with Gasteiger partial charge in [0.05, 0.1) is 0 Å². The molecule has 2 rings (SSSR count). The summed E-state index contributed by atoms with van der Waals surface area (Å²) in [6.07, 6.45) is 4.16. The Morgan fingerprint density at radius 1 is 1.21 bits per heavy atom. The molecule has 0 aromatic heterocycles. The van der Waals surface area contributed by atoms with Gasteiger partial charge < -0.3 is 15.4 Å². The minimum Gasteiger partial charge on any atom is -0.330 e. The molecule has 0 aliphatic heterocycles. The van der Waals surface area contributed by atoms with Crippen molar-refractivity contribution in [1.29, 1.82) is 0 Å². The maximum atomic E-state index is 10.9. The molecule has 0 spiro atoms. The summed E-state index contributed by atoms with van der Waals surface area (Å²) in [6, 6.07) is 0. The molecule has 9 nitrogen and oxygen atoms in total. The SMILES string of the molecule is CC1(C)CC2=CC(C)(C(CO[N+](=O)[O-])O[N+](=O)[O-])CC(CN)(C2)C1. The van der Waals surface area contributed by atoms with Crippen molar-refractivity contribution in [2.45, 2.75) is 52.6 Å². The van der Waals surface area contributed by atoms with Crippen molar-refractivity contribution in [3.05, 3.63) is 31.9 Å². The van der Waals surface area contributed by atoms with Crippen molar-refractivity contribution in [2.75, 3.05) is 13.2 Å². The second kappa shape index (κ2) is 6.19. The summed E-state index contributed by atoms with van der Waals surface area (Å²) in [6.45, 7) is 6.18. The molecule has 0 aromatic carbocycles. The Morgan fingerprint density at radius 2 is 1.88 bits per heavy atom. The van der Waals surface area contributed by atoms with E-state index in [0.29, 0.717) is 13.0 Å². The maximum Gasteiger partial charge on any atom is 0.294 e. The number of hydrogen-bond acceptors (Lipinski definition) is 7. The predicted octanol–water partition coefficient (Wildman–Crippen LogP) is 2.26. The van der Waals surface area contributed by atoms with Crippen LogP contribution in [-0.2, 0) is 9.68 Å². The zero-order valence-electron chi connectivity index (χ0n) is 14.3. The molecule has 0 heterocycles. The minimum absolute atomic E-state index is 0.113. The molecule has 0 amide bonds. The number of allylic oxidation sites excluding steroid dienone is 1. The minimum atomic E-state index is -1.06. The molecule has 136 valence electrons. The lowest BCUT2D eigenvalue weighted by molar-refractivity contribution is -0.793. The van der Waals surface area contributed by atoms with E-state index in [9.17, 15) is 20.2 Å². The highest BCUT2D eigenvalue weighted by atomic mass is 17.0. The monoisotopic (exact) mass is 343 g/mol. The normalized spacial score (nSPS) is 32.4. The first-order valence-corrected chi connectivity index (χ1v) is 7.98. The van der Waals surface area contributed by atoms with Crippen molar-refractivity contribution in [2.24, 2.45) is 22.0 Å². The van der Waals surface area contributed by atoms with Crippen molar-refractivity contribution in [3.8, 4) is 0 Å². The molecule has 24 heavy (non-hydrogen) atoms. The average molecular weight is 343 g/mol. The number of fused-ring (bicyclic) bond motifs is 2. The number of rotatable bonds is 7. The molecule has 2 aliphatic rings. The van der Waals surface area contributed by atoms with E-state index in [-0.39, 0.29) is 10.8 Å². The molecule has 9 heteroatoms. The fourth-order valence-corrected chi connectivity index (χ4v) is 4.85. The fraction of sp³-hybridized carbons (Fsp3) is 0.867. The van der Waals surface area contributed by atoms with E-state index in [4.69, 9.17) is 10.6 Å². The average Bonchev–Trinajstić information content (AvgIpc) is 2.40. The molecule has 0 saturated heterocycles. The Morgan fingerprint density at radius 3 is 2.42 bits per heavy atom. The van der Waals surface area contributed by atoms with E-state index < -0.39 is 28.3 Å². The van der Waals surface area contributed by atoms with Gasteiger partial charge >= 0.3 is 0 Å². The van der Waals surface area contributed by atoms with Crippen LogP contribution in [0.3, 0.4) is 0 Å². The van der Waals surface area contributed by atoms with Crippen LogP contribution in [0.25, 0.3) is 0 Å². The standard InChI is InChI=1S/C15H25N3O6/c1-13(2)4-11-5-14(3,9-15(6-11,8-13)10-16)12(24-18(21)22)7-23-17(19)20/h5,12H,4,6-10,16H2,1-3H3. The second-order valence-electron chi connectivity index (χ2n) is 8.22. The van der Waals surface area contributed by atoms with Gasteiger partial charge in [0.15, 0.2) is 0 Å². The first kappa shape index (κ1) is 18.4. The summed E-state index contributed by atoms with van der Waals surface area (Å²) in [5.41, 5.74) is 6.45. The van der Waals surface area contributed by atoms with Gasteiger partial charge in [-0.1, -0.05) is 32.4 Å². The molecule has 1 fully saturated rings. The van der Waals surface area contributed by atoms with Crippen molar-refractivity contribution >= 4 is 0 Å². The zero-order chi connectivity index (χ0) is 18.2. The number of hydrogen-bond donors (Lipinski definition) is 1. The lowest BCUT2D eigenvalue weighted by Crippen LogP contribution is -2.51. The van der Waals surface area contributed by atoms with E-state index in [1.807, 2.05) is 13.0 Å². The van der Waals surface area contributed by atoms with Crippen LogP contribution in [-0.4, -0.2) is 29.4 Å². The van der Waals surface area contributed by atoms with E-state index in [0.717, 1.165) is 19.3 Å². The van der Waals surface area contributed by atoms with E-state index in [1.165, 1.54) is 5.57 Å². The summed E-state index contributed by atoms with van der Waals surface area (Å²) in [4.78, 5) is 30.5. The van der Waals surface area contributed by atoms with Gasteiger partial charge in [0, 0.05) is 5.41 Å². The molecular weight excluding hydrogens is 318 g/mol. The Balaban J connectivity index is 2.34. The molecule has 1 saturated carbocycles. The Hall–Kier alpha value is -1.90. The van der Waals surface area contributed by atoms with Crippen LogP contribution >= 0.6 is 0 Å². The van der Waals surface area contributed by atoms with Crippen LogP contribution in [0.15, 0.2) is 11.6 Å². The molecule has 3 unspecified atom stereocenters. The highest BCUT2D eigenvalue weighted by Gasteiger charge is 2.51. The van der Waals surface area contributed by atoms with Gasteiger partial charge in [-0.2, -0.15) is 0 Å². The van der Waals surface area contributed by atoms with Crippen molar-refractivity contribution in [3.63, 3.8) is 0 Å². The van der Waals surface area contributed by atoms with E-state index in [1.54, 1.807) is 0 Å². The predicted molar refractivity (Wildman–Crippen MR) is 84.7 cm³/mol. The van der Waals surface area contributed by atoms with Crippen molar-refractivity contribution < 1.29 is 19.8 Å². The Kier molecular flexibility index (Phi) is 4.76. The largest absolute Gasteiger partial charge is 0.330 e. The summed E-state index contributed by atoms with van der Waals surface area (Å²) in [5.74, 6) is 0. The van der Waals surface area contributed by atoms with Gasteiger partial charge in [0.2, 0.25) is 0 Å². The lowest BCUT2D eigenvalue weighted by Gasteiger charge is -2.54. The lowest BCUT2D eigenvalue weighted by atomic mass is 9.52. The van der Waals surface area contributed by atoms with Crippen LogP contribution in [0, 0.1) is 36.5 Å². The van der Waals surface area contributed by atoms with Gasteiger partial charge in [-0.3, -0.25) is 0 Å². The van der Waals surface area contributed by atoms with E-state index in [2.05, 4.69) is 18.7 Å². The molecule has 2 N–H and O–H groups in total. The Bertz CT molecular complexity index is 563. The second-order valence-corrected chi connectivity index (χ2v) is 8.22. The summed E-state index contributed by atoms with van der Waals surface area (Å²) >= 11 is 0. The van der Waals surface area contributed by atoms with Crippen LogP contribution in [0.5, 0.6) is 0 Å². The van der Waals surface area contributed by atoms with Gasteiger partial charge in [0.25, 0.3) is 10.2 Å². The first-order chi connectivity index (χ1) is 11.0. The highest BCUT2D eigenvalue weighted by molar-refractivity contribution is 5.24. The van der Waals surface area contributed by atoms with Crippen LogP contribution < -0.4 is 5.73 Å². The zero-order valence-corrected chi connectivity index (χ0v) is 14.3. The molecule has 2 bridgehead atoms. The topological polar surface area (TPSA) is 131 Å². The maximum absolute atomic E-state index is 10.9. The molecule has 0 radical (unpaired) electrons. The number of nitrogens with two attached hydrogens (primary N) is 1. The summed E-state index contributed by atoms with van der Waals surface area (Å²) < 4.78 is 0. The summed E-state index contributed by atoms with van der Waals surface area (Å²) in [7, 11) is 0. The fourth-order valence-electron chi connectivity index (χ4n) is 4.85. The molecule has 3 atom stereocenters. The third kappa shape index (κ3) is 3.95. The van der Waals surface area contributed by atoms with Crippen LogP contribution in [0.2, 0.25) is 0 Å². The third-order valence-corrected chi connectivity index (χ3v) is 5.16. The highest BCUT2D eigenvalue weighted by Crippen LogP contribution is 2.58. The smallest absolute Gasteiger partial charge is 0.294 e. The van der Waals surface area contributed by atoms with Crippen molar-refractivity contribution in [1.82, 2.24) is 0 Å². The third-order valence-electron chi connectivity index (χ3n) is 5.16. The quantitative estimate of drug-likeness (QED) is 0.426. The molecule has 2 aliphatic carbocycles. The van der Waals surface area contributed by atoms with Gasteiger partial charge in [-0.05, 0) is 43.1 Å². The van der Waals surface area contributed by atoms with Gasteiger partial charge in [0.1, 0.15) is 12.7 Å². The first-order valence-electron chi connectivity index (χ1n) is 7.98. The number of nitrogens with zero attached hydrogens (tertiary/aromatic N) is 2. The van der Waals surface area contributed by atoms with Gasteiger partial charge in [-0.15, -0.1) is 20.2 Å². The Labute approximate surface area is 140 Å². The van der Waals surface area contributed by atoms with Gasteiger partial charge in [-0.25, -0.2) is 0 Å². The molecule has 0 aromatic rings. The van der Waals surface area contributed by atoms with Crippen LogP contribution in [0.1, 0.15) is 46.5 Å². The van der Waals surface area contributed by atoms with E-state index >= 15 is 0 Å².